The van der Waals surface area contributed by atoms with Crippen molar-refractivity contribution >= 4 is 11.8 Å². The SMILES string of the molecule is CC/C(=C/F)COc1ccc2c(c1)CCN(C(C)(C)C(N)=O)C2=O. The van der Waals surface area contributed by atoms with Gasteiger partial charge in [-0.05, 0) is 56.0 Å². The Morgan fingerprint density at radius 3 is 2.75 bits per heavy atom. The van der Waals surface area contributed by atoms with E-state index >= 15 is 0 Å². The van der Waals surface area contributed by atoms with Gasteiger partial charge in [0, 0.05) is 12.1 Å². The lowest BCUT2D eigenvalue weighted by Crippen LogP contribution is -2.57. The molecule has 0 unspecified atom stereocenters. The Morgan fingerprint density at radius 1 is 1.46 bits per heavy atom. The maximum absolute atomic E-state index is 12.7. The van der Waals surface area contributed by atoms with Gasteiger partial charge in [0.15, 0.2) is 0 Å². The predicted molar refractivity (Wildman–Crippen MR) is 89.4 cm³/mol. The van der Waals surface area contributed by atoms with E-state index in [1.54, 1.807) is 32.0 Å². The highest BCUT2D eigenvalue weighted by molar-refractivity contribution is 6.00. The molecular formula is C18H23FN2O3. The number of amides is 2. The highest BCUT2D eigenvalue weighted by atomic mass is 19.1. The molecular weight excluding hydrogens is 311 g/mol. The normalized spacial score (nSPS) is 15.2. The van der Waals surface area contributed by atoms with Crippen molar-refractivity contribution in [1.82, 2.24) is 4.90 Å². The fraction of sp³-hybridized carbons (Fsp3) is 0.444. The van der Waals surface area contributed by atoms with Gasteiger partial charge in [0.05, 0.1) is 6.33 Å². The molecule has 0 spiro atoms. The average molecular weight is 334 g/mol. The van der Waals surface area contributed by atoms with E-state index in [-0.39, 0.29) is 12.5 Å². The van der Waals surface area contributed by atoms with E-state index in [0.29, 0.717) is 42.6 Å². The Balaban J connectivity index is 2.19. The zero-order chi connectivity index (χ0) is 17.9. The van der Waals surface area contributed by atoms with Gasteiger partial charge >= 0.3 is 0 Å². The molecule has 0 radical (unpaired) electrons. The standard InChI is InChI=1S/C18H23FN2O3/c1-4-12(10-19)11-24-14-5-6-15-13(9-14)7-8-21(16(15)22)18(2,3)17(20)23/h5-6,9-10H,4,7-8,11H2,1-3H3,(H2,20,23)/b12-10-. The summed E-state index contributed by atoms with van der Waals surface area (Å²) in [6.07, 6.45) is 1.75. The molecule has 6 heteroatoms. The van der Waals surface area contributed by atoms with Gasteiger partial charge in [-0.15, -0.1) is 0 Å². The zero-order valence-corrected chi connectivity index (χ0v) is 14.3. The number of ether oxygens (including phenoxy) is 1. The smallest absolute Gasteiger partial charge is 0.255 e. The minimum Gasteiger partial charge on any atom is -0.489 e. The molecule has 24 heavy (non-hydrogen) atoms. The number of carbonyl (C=O) groups is 2. The van der Waals surface area contributed by atoms with Crippen molar-refractivity contribution in [1.29, 1.82) is 0 Å². The summed E-state index contributed by atoms with van der Waals surface area (Å²) in [5.41, 5.74) is 6.34. The zero-order valence-electron chi connectivity index (χ0n) is 14.3. The second-order valence-corrected chi connectivity index (χ2v) is 6.36. The van der Waals surface area contributed by atoms with Gasteiger partial charge in [-0.25, -0.2) is 4.39 Å². The number of halogens is 1. The maximum atomic E-state index is 12.7. The minimum atomic E-state index is -1.04. The van der Waals surface area contributed by atoms with Crippen LogP contribution in [-0.2, 0) is 11.2 Å². The first-order valence-electron chi connectivity index (χ1n) is 7.97. The van der Waals surface area contributed by atoms with Crippen LogP contribution in [0.25, 0.3) is 0 Å². The number of primary amides is 1. The number of fused-ring (bicyclic) bond motifs is 1. The lowest BCUT2D eigenvalue weighted by atomic mass is 9.93. The molecule has 0 saturated heterocycles. The van der Waals surface area contributed by atoms with Crippen LogP contribution >= 0.6 is 0 Å². The van der Waals surface area contributed by atoms with Crippen LogP contribution in [0.15, 0.2) is 30.1 Å². The highest BCUT2D eigenvalue weighted by Crippen LogP contribution is 2.28. The molecule has 0 saturated carbocycles. The summed E-state index contributed by atoms with van der Waals surface area (Å²) in [7, 11) is 0. The molecule has 1 aliphatic rings. The highest BCUT2D eigenvalue weighted by Gasteiger charge is 2.39. The number of hydrogen-bond donors (Lipinski definition) is 1. The molecule has 0 atom stereocenters. The number of benzene rings is 1. The summed E-state index contributed by atoms with van der Waals surface area (Å²) in [6, 6.07) is 5.16. The van der Waals surface area contributed by atoms with Crippen LogP contribution in [0.1, 0.15) is 43.1 Å². The van der Waals surface area contributed by atoms with Gasteiger partial charge in [-0.3, -0.25) is 9.59 Å². The molecule has 1 aromatic carbocycles. The fourth-order valence-electron chi connectivity index (χ4n) is 2.61. The number of carbonyl (C=O) groups excluding carboxylic acids is 2. The van der Waals surface area contributed by atoms with E-state index in [1.807, 2.05) is 6.92 Å². The third-order valence-corrected chi connectivity index (χ3v) is 4.47. The van der Waals surface area contributed by atoms with E-state index in [2.05, 4.69) is 0 Å². The Bertz CT molecular complexity index is 683. The van der Waals surface area contributed by atoms with Crippen molar-refractivity contribution in [3.63, 3.8) is 0 Å². The lowest BCUT2D eigenvalue weighted by molar-refractivity contribution is -0.127. The first-order chi connectivity index (χ1) is 11.3. The van der Waals surface area contributed by atoms with Crippen LogP contribution < -0.4 is 10.5 Å². The topological polar surface area (TPSA) is 72.6 Å². The Hall–Kier alpha value is -2.37. The van der Waals surface area contributed by atoms with E-state index in [0.717, 1.165) is 5.56 Å². The van der Waals surface area contributed by atoms with Gasteiger partial charge in [-0.2, -0.15) is 0 Å². The number of nitrogens with zero attached hydrogens (tertiary/aromatic N) is 1. The summed E-state index contributed by atoms with van der Waals surface area (Å²) < 4.78 is 18.2. The van der Waals surface area contributed by atoms with Gasteiger partial charge in [0.1, 0.15) is 17.9 Å². The van der Waals surface area contributed by atoms with Crippen LogP contribution in [-0.4, -0.2) is 35.4 Å². The molecule has 1 heterocycles. The van der Waals surface area contributed by atoms with Crippen molar-refractivity contribution in [2.24, 2.45) is 5.73 Å². The third-order valence-electron chi connectivity index (χ3n) is 4.47. The molecule has 0 aromatic heterocycles. The molecule has 2 rings (SSSR count). The lowest BCUT2D eigenvalue weighted by Gasteiger charge is -2.39. The minimum absolute atomic E-state index is 0.181. The monoisotopic (exact) mass is 334 g/mol. The molecule has 130 valence electrons. The largest absolute Gasteiger partial charge is 0.489 e. The summed E-state index contributed by atoms with van der Waals surface area (Å²) >= 11 is 0. The van der Waals surface area contributed by atoms with Gasteiger partial charge in [0.2, 0.25) is 5.91 Å². The molecule has 2 amide bonds. The summed E-state index contributed by atoms with van der Waals surface area (Å²) in [5, 5.41) is 0. The predicted octanol–water partition coefficient (Wildman–Crippen LogP) is 2.59. The molecule has 1 aromatic rings. The first kappa shape index (κ1) is 18.0. The van der Waals surface area contributed by atoms with Gasteiger partial charge in [-0.1, -0.05) is 6.92 Å². The molecule has 0 bridgehead atoms. The van der Waals surface area contributed by atoms with Crippen molar-refractivity contribution in [2.75, 3.05) is 13.2 Å². The molecule has 1 aliphatic heterocycles. The molecule has 0 aliphatic carbocycles. The second-order valence-electron chi connectivity index (χ2n) is 6.36. The van der Waals surface area contributed by atoms with Gasteiger partial charge in [0.25, 0.3) is 5.91 Å². The maximum Gasteiger partial charge on any atom is 0.255 e. The van der Waals surface area contributed by atoms with Crippen LogP contribution in [0.2, 0.25) is 0 Å². The van der Waals surface area contributed by atoms with Gasteiger partial charge < -0.3 is 15.4 Å². The van der Waals surface area contributed by atoms with Crippen molar-refractivity contribution < 1.29 is 18.7 Å². The van der Waals surface area contributed by atoms with Crippen LogP contribution in [0.5, 0.6) is 5.75 Å². The molecule has 0 fully saturated rings. The van der Waals surface area contributed by atoms with E-state index in [1.165, 1.54) is 4.90 Å². The van der Waals surface area contributed by atoms with E-state index < -0.39 is 11.4 Å². The van der Waals surface area contributed by atoms with Crippen LogP contribution in [0.4, 0.5) is 4.39 Å². The van der Waals surface area contributed by atoms with E-state index in [9.17, 15) is 14.0 Å². The number of rotatable bonds is 6. The van der Waals surface area contributed by atoms with Crippen molar-refractivity contribution in [3.8, 4) is 5.75 Å². The molecule has 5 nitrogen and oxygen atoms in total. The fourth-order valence-corrected chi connectivity index (χ4v) is 2.61. The van der Waals surface area contributed by atoms with Crippen LogP contribution in [0.3, 0.4) is 0 Å². The van der Waals surface area contributed by atoms with E-state index in [4.69, 9.17) is 10.5 Å². The Morgan fingerprint density at radius 2 is 2.17 bits per heavy atom. The Kier molecular flexibility index (Phi) is 5.26. The summed E-state index contributed by atoms with van der Waals surface area (Å²) in [6.45, 7) is 5.74. The number of hydrogen-bond acceptors (Lipinski definition) is 3. The van der Waals surface area contributed by atoms with Crippen molar-refractivity contribution in [2.45, 2.75) is 39.2 Å². The quantitative estimate of drug-likeness (QED) is 0.869. The third kappa shape index (κ3) is 3.42. The van der Waals surface area contributed by atoms with Crippen molar-refractivity contribution in [3.05, 3.63) is 41.2 Å². The summed E-state index contributed by atoms with van der Waals surface area (Å²) in [5.74, 6) is -0.161. The number of nitrogens with two attached hydrogens (primary N) is 1. The average Bonchev–Trinajstić information content (AvgIpc) is 2.55. The Labute approximate surface area is 141 Å². The summed E-state index contributed by atoms with van der Waals surface area (Å²) in [4.78, 5) is 25.8. The first-order valence-corrected chi connectivity index (χ1v) is 7.97. The van der Waals surface area contributed by atoms with Crippen LogP contribution in [0, 0.1) is 0 Å². The molecule has 2 N–H and O–H groups in total. The second kappa shape index (κ2) is 7.03.